The maximum Gasteiger partial charge on any atom is 0.251 e. The van der Waals surface area contributed by atoms with E-state index in [9.17, 15) is 4.79 Å². The van der Waals surface area contributed by atoms with Crippen LogP contribution in [0.3, 0.4) is 0 Å². The van der Waals surface area contributed by atoms with Crippen LogP contribution >= 0.6 is 0 Å². The quantitative estimate of drug-likeness (QED) is 0.656. The van der Waals surface area contributed by atoms with E-state index in [0.717, 1.165) is 50.9 Å². The fourth-order valence-electron chi connectivity index (χ4n) is 5.77. The molecule has 3 fully saturated rings. The highest BCUT2D eigenvalue weighted by molar-refractivity contribution is 5.81. The zero-order valence-corrected chi connectivity index (χ0v) is 19.0. The fraction of sp³-hybridized carbons (Fsp3) is 0.462. The van der Waals surface area contributed by atoms with Crippen molar-refractivity contribution in [1.29, 1.82) is 0 Å². The molecule has 170 valence electrons. The number of carbonyl (C=O) groups excluding carboxylic acids is 1. The number of aromatic nitrogens is 4. The summed E-state index contributed by atoms with van der Waals surface area (Å²) in [5.74, 6) is 1.43. The van der Waals surface area contributed by atoms with E-state index in [-0.39, 0.29) is 12.0 Å². The van der Waals surface area contributed by atoms with Crippen LogP contribution in [0.15, 0.2) is 42.5 Å². The third-order valence-corrected chi connectivity index (χ3v) is 7.93. The van der Waals surface area contributed by atoms with Gasteiger partial charge in [-0.2, -0.15) is 5.21 Å². The summed E-state index contributed by atoms with van der Waals surface area (Å²) >= 11 is 0. The van der Waals surface area contributed by atoms with Gasteiger partial charge in [0.1, 0.15) is 6.10 Å². The number of likely N-dealkylation sites (tertiary alicyclic amines) is 1. The number of nitrogens with zero attached hydrogens (tertiary/aromatic N) is 4. The molecule has 3 heterocycles. The second-order valence-electron chi connectivity index (χ2n) is 9.83. The molecule has 6 rings (SSSR count). The Morgan fingerprint density at radius 3 is 2.61 bits per heavy atom. The molecule has 33 heavy (non-hydrogen) atoms. The lowest BCUT2D eigenvalue weighted by Crippen LogP contribution is -2.44. The van der Waals surface area contributed by atoms with E-state index in [2.05, 4.69) is 63.9 Å². The number of carbonyl (C=O) groups is 1. The molecular weight excluding hydrogens is 414 g/mol. The zero-order chi connectivity index (χ0) is 22.4. The average molecular weight is 444 g/mol. The number of ether oxygens (including phenoxy) is 1. The predicted molar refractivity (Wildman–Crippen MR) is 124 cm³/mol. The van der Waals surface area contributed by atoms with Gasteiger partial charge >= 0.3 is 0 Å². The summed E-state index contributed by atoms with van der Waals surface area (Å²) in [7, 11) is 0. The molecule has 0 bridgehead atoms. The number of hydrogen-bond acceptors (Lipinski definition) is 5. The highest BCUT2D eigenvalue weighted by atomic mass is 16.5. The first-order valence-corrected chi connectivity index (χ1v) is 12.0. The van der Waals surface area contributed by atoms with Gasteiger partial charge < -0.3 is 9.64 Å². The molecule has 7 heteroatoms. The van der Waals surface area contributed by atoms with Gasteiger partial charge in [0.05, 0.1) is 0 Å². The molecule has 7 nitrogen and oxygen atoms in total. The van der Waals surface area contributed by atoms with Crippen LogP contribution in [0.2, 0.25) is 0 Å². The fourth-order valence-corrected chi connectivity index (χ4v) is 5.77. The topological polar surface area (TPSA) is 84.0 Å². The number of aromatic amines is 1. The zero-order valence-electron chi connectivity index (χ0n) is 19.0. The molecule has 2 aliphatic heterocycles. The molecule has 2 atom stereocenters. The second kappa shape index (κ2) is 8.06. The number of hydrogen-bond donors (Lipinski definition) is 1. The van der Waals surface area contributed by atoms with Crippen molar-refractivity contribution in [3.8, 4) is 22.5 Å². The number of tetrazole rings is 1. The summed E-state index contributed by atoms with van der Waals surface area (Å²) in [4.78, 5) is 14.7. The first-order chi connectivity index (χ1) is 16.1. The Kier molecular flexibility index (Phi) is 5.02. The Morgan fingerprint density at radius 2 is 1.91 bits per heavy atom. The highest BCUT2D eigenvalue weighted by Crippen LogP contribution is 2.65. The SMILES string of the molecule is Cc1ccc(-c2nn[nH]n2)cc1-c1ccc([C@H]2CC23CCN(C(=O)C2CCCO2)CC3)cc1. The number of rotatable bonds is 4. The number of H-pyrrole nitrogens is 1. The van der Waals surface area contributed by atoms with Crippen LogP contribution in [0.5, 0.6) is 0 Å². The number of aryl methyl sites for hydroxylation is 1. The second-order valence-corrected chi connectivity index (χ2v) is 9.83. The van der Waals surface area contributed by atoms with E-state index in [1.807, 2.05) is 11.0 Å². The van der Waals surface area contributed by atoms with E-state index in [1.165, 1.54) is 28.7 Å². The van der Waals surface area contributed by atoms with Gasteiger partial charge in [-0.3, -0.25) is 4.79 Å². The van der Waals surface area contributed by atoms with Crippen LogP contribution in [-0.2, 0) is 9.53 Å². The largest absolute Gasteiger partial charge is 0.368 e. The molecule has 2 aromatic carbocycles. The van der Waals surface area contributed by atoms with Crippen LogP contribution in [0.25, 0.3) is 22.5 Å². The summed E-state index contributed by atoms with van der Waals surface area (Å²) in [6.07, 6.45) is 5.14. The number of piperidine rings is 1. The van der Waals surface area contributed by atoms with Gasteiger partial charge in [-0.05, 0) is 83.9 Å². The van der Waals surface area contributed by atoms with Gasteiger partial charge in [0, 0.05) is 25.3 Å². The summed E-state index contributed by atoms with van der Waals surface area (Å²) in [5.41, 5.74) is 6.37. The van der Waals surface area contributed by atoms with E-state index < -0.39 is 0 Å². The van der Waals surface area contributed by atoms with Crippen molar-refractivity contribution in [2.45, 2.75) is 51.0 Å². The lowest BCUT2D eigenvalue weighted by Gasteiger charge is -2.34. The minimum Gasteiger partial charge on any atom is -0.368 e. The Bertz CT molecular complexity index is 1140. The van der Waals surface area contributed by atoms with Gasteiger partial charge in [0.25, 0.3) is 5.91 Å². The monoisotopic (exact) mass is 443 g/mol. The van der Waals surface area contributed by atoms with Crippen molar-refractivity contribution in [3.63, 3.8) is 0 Å². The Balaban J connectivity index is 1.13. The average Bonchev–Trinajstić information content (AvgIpc) is 3.28. The lowest BCUT2D eigenvalue weighted by atomic mass is 9.88. The number of nitrogens with one attached hydrogen (secondary N) is 1. The maximum atomic E-state index is 12.7. The van der Waals surface area contributed by atoms with Gasteiger partial charge in [-0.15, -0.1) is 10.2 Å². The summed E-state index contributed by atoms with van der Waals surface area (Å²) in [6.45, 7) is 4.60. The third-order valence-electron chi connectivity index (χ3n) is 7.93. The molecule has 1 aliphatic carbocycles. The minimum absolute atomic E-state index is 0.191. The molecule has 1 amide bonds. The van der Waals surface area contributed by atoms with Crippen molar-refractivity contribution in [2.75, 3.05) is 19.7 Å². The normalized spacial score (nSPS) is 23.7. The van der Waals surface area contributed by atoms with Crippen LogP contribution in [0.1, 0.15) is 49.1 Å². The third kappa shape index (κ3) is 3.74. The van der Waals surface area contributed by atoms with E-state index in [1.54, 1.807) is 0 Å². The van der Waals surface area contributed by atoms with Crippen LogP contribution < -0.4 is 0 Å². The minimum atomic E-state index is -0.191. The molecule has 2 saturated heterocycles. The van der Waals surface area contributed by atoms with Crippen molar-refractivity contribution in [1.82, 2.24) is 25.5 Å². The van der Waals surface area contributed by atoms with Gasteiger partial charge in [0.15, 0.2) is 0 Å². The van der Waals surface area contributed by atoms with E-state index in [4.69, 9.17) is 4.74 Å². The van der Waals surface area contributed by atoms with E-state index >= 15 is 0 Å². The molecule has 1 unspecified atom stereocenters. The molecule has 3 aliphatic rings. The summed E-state index contributed by atoms with van der Waals surface area (Å²) < 4.78 is 5.61. The molecule has 0 radical (unpaired) electrons. The first kappa shape index (κ1) is 20.5. The Labute approximate surface area is 193 Å². The standard InChI is InChI=1S/C26H29N5O2/c1-17-4-5-20(24-27-29-30-28-24)15-21(17)18-6-8-19(9-7-18)22-16-26(22)10-12-31(13-11-26)25(32)23-3-2-14-33-23/h4-9,15,22-23H,2-3,10-14,16H2,1H3,(H,27,28,29,30)/t22-,23?/m1/s1. The van der Waals surface area contributed by atoms with E-state index in [0.29, 0.717) is 17.2 Å². The molecule has 1 aromatic heterocycles. The molecule has 1 saturated carbocycles. The molecule has 1 N–H and O–H groups in total. The predicted octanol–water partition coefficient (Wildman–Crippen LogP) is 4.12. The summed E-state index contributed by atoms with van der Waals surface area (Å²) in [5, 5.41) is 14.4. The van der Waals surface area contributed by atoms with Crippen molar-refractivity contribution in [2.24, 2.45) is 5.41 Å². The highest BCUT2D eigenvalue weighted by Gasteiger charge is 2.55. The van der Waals surface area contributed by atoms with Crippen molar-refractivity contribution in [3.05, 3.63) is 53.6 Å². The van der Waals surface area contributed by atoms with Gasteiger partial charge in [0.2, 0.25) is 5.82 Å². The van der Waals surface area contributed by atoms with Gasteiger partial charge in [-0.1, -0.05) is 36.4 Å². The van der Waals surface area contributed by atoms with Crippen LogP contribution in [0.4, 0.5) is 0 Å². The smallest absolute Gasteiger partial charge is 0.251 e. The lowest BCUT2D eigenvalue weighted by molar-refractivity contribution is -0.142. The van der Waals surface area contributed by atoms with Crippen LogP contribution in [0, 0.1) is 12.3 Å². The van der Waals surface area contributed by atoms with Crippen molar-refractivity contribution < 1.29 is 9.53 Å². The number of benzene rings is 2. The maximum absolute atomic E-state index is 12.7. The van der Waals surface area contributed by atoms with Crippen LogP contribution in [-0.4, -0.2) is 57.2 Å². The summed E-state index contributed by atoms with van der Waals surface area (Å²) in [6, 6.07) is 15.3. The number of amides is 1. The molecule has 3 aromatic rings. The van der Waals surface area contributed by atoms with Gasteiger partial charge in [-0.25, -0.2) is 0 Å². The first-order valence-electron chi connectivity index (χ1n) is 12.0. The van der Waals surface area contributed by atoms with Crippen molar-refractivity contribution >= 4 is 5.91 Å². The molecular formula is C26H29N5O2. The Morgan fingerprint density at radius 1 is 1.12 bits per heavy atom. The Hall–Kier alpha value is -3.06. The molecule has 1 spiro atoms.